The van der Waals surface area contributed by atoms with Gasteiger partial charge >= 0.3 is 0 Å². The molecule has 2 rings (SSSR count). The topological polar surface area (TPSA) is 143 Å². The molecule has 0 radical (unpaired) electrons. The Morgan fingerprint density at radius 1 is 1.33 bits per heavy atom. The van der Waals surface area contributed by atoms with Crippen molar-refractivity contribution in [2.45, 2.75) is 6.10 Å². The van der Waals surface area contributed by atoms with Crippen molar-refractivity contribution >= 4 is 16.8 Å². The van der Waals surface area contributed by atoms with E-state index >= 15 is 0 Å². The van der Waals surface area contributed by atoms with E-state index in [1.807, 2.05) is 0 Å². The van der Waals surface area contributed by atoms with Gasteiger partial charge in [-0.15, -0.1) is 20.2 Å². The van der Waals surface area contributed by atoms with Crippen LogP contribution in [0.3, 0.4) is 0 Å². The van der Waals surface area contributed by atoms with Gasteiger partial charge in [0.1, 0.15) is 24.1 Å². The maximum absolute atomic E-state index is 10.3. The Morgan fingerprint density at radius 2 is 2.14 bits per heavy atom. The largest absolute Gasteiger partial charge is 0.464 e. The molecule has 21 heavy (non-hydrogen) atoms. The molecule has 0 aliphatic heterocycles. The number of pyridine rings is 1. The molecule has 0 saturated heterocycles. The lowest BCUT2D eigenvalue weighted by molar-refractivity contribution is -0.789. The highest BCUT2D eigenvalue weighted by molar-refractivity contribution is 5.87. The fourth-order valence-corrected chi connectivity index (χ4v) is 1.64. The second kappa shape index (κ2) is 6.36. The van der Waals surface area contributed by atoms with Crippen molar-refractivity contribution in [2.75, 3.05) is 18.5 Å². The van der Waals surface area contributed by atoms with Crippen LogP contribution in [0.4, 0.5) is 5.82 Å². The fraction of sp³-hybridized carbons (Fsp3) is 0.300. The molecule has 2 heterocycles. The molecular formula is C10H10N4O7. The van der Waals surface area contributed by atoms with Crippen LogP contribution in [0.5, 0.6) is 0 Å². The van der Waals surface area contributed by atoms with E-state index < -0.39 is 22.9 Å². The standard InChI is InChI=1S/C10H10N4O7/c15-13(16)20-6-7(21-14(17)18)5-12-10-8-2-4-19-9(8)1-3-11-10/h1-4,7H,5-6H2,(H,11,12). The molecule has 11 nitrogen and oxygen atoms in total. The first-order chi connectivity index (χ1) is 10.1. The van der Waals surface area contributed by atoms with Crippen LogP contribution in [0.25, 0.3) is 11.0 Å². The minimum Gasteiger partial charge on any atom is -0.464 e. The maximum atomic E-state index is 10.3. The van der Waals surface area contributed by atoms with E-state index in [9.17, 15) is 20.2 Å². The van der Waals surface area contributed by atoms with Crippen LogP contribution in [0.15, 0.2) is 29.0 Å². The van der Waals surface area contributed by atoms with Gasteiger partial charge in [-0.1, -0.05) is 0 Å². The number of rotatable bonds is 8. The maximum Gasteiger partial charge on any atom is 0.294 e. The molecule has 1 N–H and O–H groups in total. The van der Waals surface area contributed by atoms with Gasteiger partial charge in [-0.3, -0.25) is 0 Å². The van der Waals surface area contributed by atoms with Gasteiger partial charge in [0.2, 0.25) is 0 Å². The summed E-state index contributed by atoms with van der Waals surface area (Å²) in [4.78, 5) is 32.9. The third-order valence-corrected chi connectivity index (χ3v) is 2.48. The lowest BCUT2D eigenvalue weighted by Crippen LogP contribution is -2.31. The highest BCUT2D eigenvalue weighted by atomic mass is 17.0. The van der Waals surface area contributed by atoms with Gasteiger partial charge < -0.3 is 19.4 Å². The van der Waals surface area contributed by atoms with E-state index in [2.05, 4.69) is 20.0 Å². The van der Waals surface area contributed by atoms with Crippen LogP contribution in [0.2, 0.25) is 0 Å². The van der Waals surface area contributed by atoms with E-state index in [0.29, 0.717) is 16.8 Å². The van der Waals surface area contributed by atoms with Crippen LogP contribution in [-0.2, 0) is 9.68 Å². The second-order valence-corrected chi connectivity index (χ2v) is 3.84. The first-order valence-electron chi connectivity index (χ1n) is 5.71. The van der Waals surface area contributed by atoms with E-state index in [1.54, 1.807) is 12.1 Å². The highest BCUT2D eigenvalue weighted by Crippen LogP contribution is 2.21. The minimum atomic E-state index is -1.16. The number of hydrogen-bond acceptors (Lipinski definition) is 9. The quantitative estimate of drug-likeness (QED) is 0.557. The fourth-order valence-electron chi connectivity index (χ4n) is 1.64. The predicted molar refractivity (Wildman–Crippen MR) is 67.3 cm³/mol. The summed E-state index contributed by atoms with van der Waals surface area (Å²) < 4.78 is 5.18. The zero-order valence-electron chi connectivity index (χ0n) is 10.5. The summed E-state index contributed by atoms with van der Waals surface area (Å²) in [6.45, 7) is -0.686. The van der Waals surface area contributed by atoms with Crippen LogP contribution < -0.4 is 5.32 Å². The number of anilines is 1. The highest BCUT2D eigenvalue weighted by Gasteiger charge is 2.16. The average molecular weight is 298 g/mol. The Hall–Kier alpha value is -3.11. The normalized spacial score (nSPS) is 11.8. The Bertz CT molecular complexity index is 643. The molecule has 2 aromatic heterocycles. The molecule has 0 bridgehead atoms. The summed E-state index contributed by atoms with van der Waals surface area (Å²) in [7, 11) is 0. The summed E-state index contributed by atoms with van der Waals surface area (Å²) in [5, 5.41) is 21.8. The van der Waals surface area contributed by atoms with Gasteiger partial charge in [-0.05, 0) is 12.1 Å². The third-order valence-electron chi connectivity index (χ3n) is 2.48. The number of fused-ring (bicyclic) bond motifs is 1. The van der Waals surface area contributed by atoms with Gasteiger partial charge in [0, 0.05) is 12.7 Å². The number of nitrogens with zero attached hydrogens (tertiary/aromatic N) is 3. The first kappa shape index (κ1) is 14.3. The van der Waals surface area contributed by atoms with Crippen LogP contribution in [-0.4, -0.2) is 34.4 Å². The van der Waals surface area contributed by atoms with E-state index in [4.69, 9.17) is 4.42 Å². The zero-order valence-corrected chi connectivity index (χ0v) is 10.5. The molecule has 1 atom stereocenters. The average Bonchev–Trinajstić information content (AvgIpc) is 2.90. The molecule has 2 aromatic rings. The molecule has 0 amide bonds. The number of aromatic nitrogens is 1. The summed E-state index contributed by atoms with van der Waals surface area (Å²) in [6, 6.07) is 3.32. The molecule has 0 aliphatic carbocycles. The van der Waals surface area contributed by atoms with Crippen LogP contribution in [0.1, 0.15) is 0 Å². The molecule has 0 fully saturated rings. The molecule has 0 aliphatic rings. The summed E-state index contributed by atoms with van der Waals surface area (Å²) in [5.74, 6) is 0.416. The molecule has 112 valence electrons. The summed E-state index contributed by atoms with van der Waals surface area (Å²) in [5.41, 5.74) is 0.584. The minimum absolute atomic E-state index is 0.105. The summed E-state index contributed by atoms with van der Waals surface area (Å²) in [6.07, 6.45) is 1.80. The van der Waals surface area contributed by atoms with Gasteiger partial charge in [0.05, 0.1) is 11.6 Å². The van der Waals surface area contributed by atoms with Gasteiger partial charge in [0.25, 0.3) is 10.2 Å². The molecule has 0 aromatic carbocycles. The van der Waals surface area contributed by atoms with E-state index in [-0.39, 0.29) is 6.54 Å². The van der Waals surface area contributed by atoms with Crippen molar-refractivity contribution in [2.24, 2.45) is 0 Å². The smallest absolute Gasteiger partial charge is 0.294 e. The Balaban J connectivity index is 2.01. The Labute approximate surface area is 116 Å². The number of nitrogens with one attached hydrogen (secondary N) is 1. The SMILES string of the molecule is O=[N+]([O-])OCC(CNc1nccc2occc12)O[N+](=O)[O-]. The molecule has 0 saturated carbocycles. The van der Waals surface area contributed by atoms with Crippen LogP contribution >= 0.6 is 0 Å². The van der Waals surface area contributed by atoms with Gasteiger partial charge in [-0.2, -0.15) is 0 Å². The predicted octanol–water partition coefficient (Wildman–Crippen LogP) is 1.02. The van der Waals surface area contributed by atoms with Crippen molar-refractivity contribution in [1.29, 1.82) is 0 Å². The molecule has 11 heteroatoms. The third kappa shape index (κ3) is 3.92. The Kier molecular flexibility index (Phi) is 4.33. The van der Waals surface area contributed by atoms with Crippen LogP contribution in [0, 0.1) is 20.2 Å². The van der Waals surface area contributed by atoms with Gasteiger partial charge in [-0.25, -0.2) is 4.98 Å². The van der Waals surface area contributed by atoms with E-state index in [1.165, 1.54) is 12.5 Å². The lowest BCUT2D eigenvalue weighted by atomic mass is 10.3. The summed E-state index contributed by atoms with van der Waals surface area (Å²) >= 11 is 0. The second-order valence-electron chi connectivity index (χ2n) is 3.84. The van der Waals surface area contributed by atoms with Crippen molar-refractivity contribution in [3.8, 4) is 0 Å². The molecule has 0 spiro atoms. The molecular weight excluding hydrogens is 288 g/mol. The van der Waals surface area contributed by atoms with Gasteiger partial charge in [0.15, 0.2) is 0 Å². The van der Waals surface area contributed by atoms with E-state index in [0.717, 1.165) is 0 Å². The number of hydrogen-bond donors (Lipinski definition) is 1. The number of furan rings is 1. The van der Waals surface area contributed by atoms with Crippen molar-refractivity contribution in [3.63, 3.8) is 0 Å². The lowest BCUT2D eigenvalue weighted by Gasteiger charge is -2.15. The monoisotopic (exact) mass is 298 g/mol. The van der Waals surface area contributed by atoms with Crippen molar-refractivity contribution in [3.05, 3.63) is 44.8 Å². The Morgan fingerprint density at radius 3 is 2.86 bits per heavy atom. The first-order valence-corrected chi connectivity index (χ1v) is 5.71. The zero-order chi connectivity index (χ0) is 15.2. The molecule has 1 unspecified atom stereocenters. The van der Waals surface area contributed by atoms with Crippen molar-refractivity contribution in [1.82, 2.24) is 4.98 Å². The van der Waals surface area contributed by atoms with Crippen molar-refractivity contribution < 1.29 is 24.3 Å².